The van der Waals surface area contributed by atoms with Gasteiger partial charge in [-0.25, -0.2) is 9.97 Å². The van der Waals surface area contributed by atoms with Crippen LogP contribution in [0.5, 0.6) is 0 Å². The quantitative estimate of drug-likeness (QED) is 0.771. The molecule has 100 valence electrons. The summed E-state index contributed by atoms with van der Waals surface area (Å²) in [7, 11) is 0. The van der Waals surface area contributed by atoms with Crippen LogP contribution in [0.15, 0.2) is 18.5 Å². The highest BCUT2D eigenvalue weighted by molar-refractivity contribution is 5.90. The molecule has 0 bridgehead atoms. The Morgan fingerprint density at radius 2 is 2.06 bits per heavy atom. The smallest absolute Gasteiger partial charge is 0.240 e. The molecule has 0 radical (unpaired) electrons. The van der Waals surface area contributed by atoms with Crippen LogP contribution in [0.3, 0.4) is 0 Å². The van der Waals surface area contributed by atoms with Gasteiger partial charge in [-0.05, 0) is 26.5 Å². The van der Waals surface area contributed by atoms with E-state index >= 15 is 0 Å². The van der Waals surface area contributed by atoms with Crippen molar-refractivity contribution < 1.29 is 9.90 Å². The lowest BCUT2D eigenvalue weighted by atomic mass is 10.1. The van der Waals surface area contributed by atoms with Gasteiger partial charge in [0, 0.05) is 18.9 Å². The molecule has 0 aromatic carbocycles. The van der Waals surface area contributed by atoms with Gasteiger partial charge in [-0.3, -0.25) is 15.0 Å². The second kappa shape index (κ2) is 6.42. The van der Waals surface area contributed by atoms with Gasteiger partial charge < -0.3 is 5.11 Å². The van der Waals surface area contributed by atoms with Gasteiger partial charge in [0.2, 0.25) is 11.9 Å². The minimum atomic E-state index is -0.820. The summed E-state index contributed by atoms with van der Waals surface area (Å²) in [6.45, 7) is 6.71. The Kier molecular flexibility index (Phi) is 5.18. The van der Waals surface area contributed by atoms with Crippen molar-refractivity contribution in [2.45, 2.75) is 26.4 Å². The van der Waals surface area contributed by atoms with E-state index in [1.165, 1.54) is 0 Å². The van der Waals surface area contributed by atoms with E-state index < -0.39 is 5.60 Å². The fraction of sp³-hybridized carbons (Fsp3) is 0.583. The minimum Gasteiger partial charge on any atom is -0.389 e. The Morgan fingerprint density at radius 3 is 2.56 bits per heavy atom. The van der Waals surface area contributed by atoms with Crippen molar-refractivity contribution in [2.24, 2.45) is 0 Å². The molecule has 6 nitrogen and oxygen atoms in total. The van der Waals surface area contributed by atoms with Gasteiger partial charge in [0.15, 0.2) is 0 Å². The van der Waals surface area contributed by atoms with Crippen LogP contribution in [0.2, 0.25) is 0 Å². The Labute approximate surface area is 107 Å². The first-order valence-electron chi connectivity index (χ1n) is 5.92. The zero-order valence-corrected chi connectivity index (χ0v) is 11.1. The van der Waals surface area contributed by atoms with E-state index in [-0.39, 0.29) is 12.5 Å². The third-order valence-corrected chi connectivity index (χ3v) is 2.24. The Hall–Kier alpha value is -1.53. The van der Waals surface area contributed by atoms with Gasteiger partial charge in [0.1, 0.15) is 0 Å². The van der Waals surface area contributed by atoms with E-state index in [0.29, 0.717) is 19.0 Å². The standard InChI is InChI=1S/C12H20N4O2/c1-4-16(9-12(2,3)18)8-10(17)15-11-13-6-5-7-14-11/h5-7,18H,4,8-9H2,1-3H3,(H,13,14,15,17). The molecule has 0 fully saturated rings. The van der Waals surface area contributed by atoms with Crippen LogP contribution in [0, 0.1) is 0 Å². The Balaban J connectivity index is 2.48. The summed E-state index contributed by atoms with van der Waals surface area (Å²) in [6.07, 6.45) is 3.13. The van der Waals surface area contributed by atoms with Crippen LogP contribution in [-0.4, -0.2) is 51.1 Å². The van der Waals surface area contributed by atoms with Crippen molar-refractivity contribution in [1.82, 2.24) is 14.9 Å². The van der Waals surface area contributed by atoms with Crippen LogP contribution in [0.1, 0.15) is 20.8 Å². The first kappa shape index (κ1) is 14.5. The molecule has 1 rings (SSSR count). The lowest BCUT2D eigenvalue weighted by Crippen LogP contribution is -2.42. The number of nitrogens with one attached hydrogen (secondary N) is 1. The third kappa shape index (κ3) is 5.70. The van der Waals surface area contributed by atoms with Gasteiger partial charge in [-0.15, -0.1) is 0 Å². The van der Waals surface area contributed by atoms with E-state index in [9.17, 15) is 9.90 Å². The average molecular weight is 252 g/mol. The molecule has 0 saturated heterocycles. The number of hydrogen-bond acceptors (Lipinski definition) is 5. The third-order valence-electron chi connectivity index (χ3n) is 2.24. The van der Waals surface area contributed by atoms with Crippen molar-refractivity contribution in [1.29, 1.82) is 0 Å². The Bertz CT molecular complexity index is 375. The average Bonchev–Trinajstić information content (AvgIpc) is 2.27. The van der Waals surface area contributed by atoms with Crippen molar-refractivity contribution >= 4 is 11.9 Å². The number of carbonyl (C=O) groups excluding carboxylic acids is 1. The van der Waals surface area contributed by atoms with Crippen LogP contribution < -0.4 is 5.32 Å². The predicted molar refractivity (Wildman–Crippen MR) is 69.1 cm³/mol. The van der Waals surface area contributed by atoms with Crippen molar-refractivity contribution in [2.75, 3.05) is 25.0 Å². The maximum atomic E-state index is 11.8. The molecular formula is C12H20N4O2. The highest BCUT2D eigenvalue weighted by atomic mass is 16.3. The molecule has 0 aliphatic rings. The molecule has 0 saturated carbocycles. The number of nitrogens with zero attached hydrogens (tertiary/aromatic N) is 3. The van der Waals surface area contributed by atoms with Crippen molar-refractivity contribution in [3.63, 3.8) is 0 Å². The lowest BCUT2D eigenvalue weighted by Gasteiger charge is -2.27. The highest BCUT2D eigenvalue weighted by Crippen LogP contribution is 2.04. The summed E-state index contributed by atoms with van der Waals surface area (Å²) in [5.41, 5.74) is -0.820. The largest absolute Gasteiger partial charge is 0.389 e. The van der Waals surface area contributed by atoms with Gasteiger partial charge >= 0.3 is 0 Å². The van der Waals surface area contributed by atoms with E-state index in [4.69, 9.17) is 0 Å². The zero-order valence-electron chi connectivity index (χ0n) is 11.1. The highest BCUT2D eigenvalue weighted by Gasteiger charge is 2.19. The molecule has 0 aliphatic heterocycles. The number of likely N-dealkylation sites (N-methyl/N-ethyl adjacent to an activating group) is 1. The SMILES string of the molecule is CCN(CC(=O)Nc1ncccn1)CC(C)(C)O. The first-order valence-corrected chi connectivity index (χ1v) is 5.92. The lowest BCUT2D eigenvalue weighted by molar-refractivity contribution is -0.117. The number of aliphatic hydroxyl groups is 1. The molecule has 0 unspecified atom stereocenters. The minimum absolute atomic E-state index is 0.188. The van der Waals surface area contributed by atoms with E-state index in [1.807, 2.05) is 11.8 Å². The van der Waals surface area contributed by atoms with Gasteiger partial charge in [0.05, 0.1) is 12.1 Å². The summed E-state index contributed by atoms with van der Waals surface area (Å²) < 4.78 is 0. The van der Waals surface area contributed by atoms with Crippen LogP contribution in [-0.2, 0) is 4.79 Å². The topological polar surface area (TPSA) is 78.4 Å². The molecule has 2 N–H and O–H groups in total. The Morgan fingerprint density at radius 1 is 1.44 bits per heavy atom. The number of hydrogen-bond donors (Lipinski definition) is 2. The van der Waals surface area contributed by atoms with E-state index in [0.717, 1.165) is 0 Å². The number of rotatable bonds is 6. The second-order valence-electron chi connectivity index (χ2n) is 4.74. The molecule has 0 aliphatic carbocycles. The number of carbonyl (C=O) groups is 1. The van der Waals surface area contributed by atoms with Gasteiger partial charge in [-0.2, -0.15) is 0 Å². The molecule has 0 atom stereocenters. The monoisotopic (exact) mass is 252 g/mol. The van der Waals surface area contributed by atoms with Crippen LogP contribution in [0.25, 0.3) is 0 Å². The number of amides is 1. The molecule has 1 heterocycles. The van der Waals surface area contributed by atoms with E-state index in [2.05, 4.69) is 15.3 Å². The van der Waals surface area contributed by atoms with E-state index in [1.54, 1.807) is 32.3 Å². The molecule has 1 aromatic rings. The summed E-state index contributed by atoms with van der Waals surface area (Å²) in [4.78, 5) is 21.4. The molecule has 0 spiro atoms. The maximum Gasteiger partial charge on any atom is 0.240 e. The van der Waals surface area contributed by atoms with Crippen molar-refractivity contribution in [3.8, 4) is 0 Å². The summed E-state index contributed by atoms with van der Waals surface area (Å²) >= 11 is 0. The molecule has 1 amide bonds. The van der Waals surface area contributed by atoms with Gasteiger partial charge in [0.25, 0.3) is 0 Å². The molecule has 1 aromatic heterocycles. The molecular weight excluding hydrogens is 232 g/mol. The normalized spacial score (nSPS) is 11.6. The number of aromatic nitrogens is 2. The second-order valence-corrected chi connectivity index (χ2v) is 4.74. The zero-order chi connectivity index (χ0) is 13.6. The first-order chi connectivity index (χ1) is 8.40. The van der Waals surface area contributed by atoms with Gasteiger partial charge in [-0.1, -0.05) is 6.92 Å². The fourth-order valence-corrected chi connectivity index (χ4v) is 1.56. The van der Waals surface area contributed by atoms with Crippen LogP contribution >= 0.6 is 0 Å². The number of anilines is 1. The van der Waals surface area contributed by atoms with Crippen molar-refractivity contribution in [3.05, 3.63) is 18.5 Å². The molecule has 18 heavy (non-hydrogen) atoms. The maximum absolute atomic E-state index is 11.8. The summed E-state index contributed by atoms with van der Waals surface area (Å²) in [5, 5.41) is 12.3. The fourth-order valence-electron chi connectivity index (χ4n) is 1.56. The van der Waals surface area contributed by atoms with Crippen LogP contribution in [0.4, 0.5) is 5.95 Å². The summed E-state index contributed by atoms with van der Waals surface area (Å²) in [6, 6.07) is 1.68. The summed E-state index contributed by atoms with van der Waals surface area (Å²) in [5.74, 6) is 0.106. The predicted octanol–water partition coefficient (Wildman–Crippen LogP) is 0.508. The molecule has 6 heteroatoms.